The molecule has 1 aromatic heterocycles. The number of methoxy groups -OCH3 is 1. The predicted octanol–water partition coefficient (Wildman–Crippen LogP) is 4.09. The number of aromatic nitrogens is 3. The van der Waals surface area contributed by atoms with Crippen molar-refractivity contribution in [3.05, 3.63) is 81.1 Å². The Kier molecular flexibility index (Phi) is 7.30. The Morgan fingerprint density at radius 3 is 2.36 bits per heavy atom. The zero-order valence-electron chi connectivity index (χ0n) is 18.8. The molecular weight excluding hydrogens is 529 g/mol. The van der Waals surface area contributed by atoms with Crippen LogP contribution >= 0.6 is 23.2 Å². The van der Waals surface area contributed by atoms with E-state index in [2.05, 4.69) is 10.3 Å². The first-order chi connectivity index (χ1) is 17.1. The van der Waals surface area contributed by atoms with Gasteiger partial charge in [-0.25, -0.2) is 13.1 Å². The highest BCUT2D eigenvalue weighted by Crippen LogP contribution is 2.30. The maximum Gasteiger partial charge on any atom is 0.322 e. The molecule has 0 saturated heterocycles. The first-order valence-corrected chi connectivity index (χ1v) is 12.9. The first kappa shape index (κ1) is 25.6. The van der Waals surface area contributed by atoms with Gasteiger partial charge in [-0.3, -0.25) is 9.59 Å². The monoisotopic (exact) mass is 547 g/mol. The molecule has 0 aliphatic carbocycles. The first-order valence-electron chi connectivity index (χ1n) is 10.6. The quantitative estimate of drug-likeness (QED) is 0.349. The number of fused-ring (bicyclic) bond motifs is 1. The van der Waals surface area contributed by atoms with E-state index in [-0.39, 0.29) is 23.2 Å². The van der Waals surface area contributed by atoms with Crippen molar-refractivity contribution in [1.29, 1.82) is 0 Å². The van der Waals surface area contributed by atoms with Crippen LogP contribution in [0.1, 0.15) is 6.42 Å². The molecule has 186 valence electrons. The maximum atomic E-state index is 13.2. The number of hydrogen-bond donors (Lipinski definition) is 1. The van der Waals surface area contributed by atoms with Crippen molar-refractivity contribution < 1.29 is 23.1 Å². The number of aryl methyl sites for hydroxylation is 1. The van der Waals surface area contributed by atoms with Gasteiger partial charge in [-0.2, -0.15) is 0 Å². The molecule has 1 N–H and O–H groups in total. The summed E-state index contributed by atoms with van der Waals surface area (Å²) < 4.78 is 32.4. The molecule has 9 nitrogen and oxygen atoms in total. The Balaban J connectivity index is 1.58. The highest BCUT2D eigenvalue weighted by Gasteiger charge is 2.34. The summed E-state index contributed by atoms with van der Waals surface area (Å²) in [6.45, 7) is -0.259. The van der Waals surface area contributed by atoms with Crippen molar-refractivity contribution in [1.82, 2.24) is 15.0 Å². The number of hydrogen-bond acceptors (Lipinski definition) is 7. The van der Waals surface area contributed by atoms with Crippen LogP contribution < -0.4 is 10.3 Å². The number of halogens is 2. The topological polar surface area (TPSA) is 128 Å². The summed E-state index contributed by atoms with van der Waals surface area (Å²) in [5.41, 5.74) is 1.18. The Hall–Kier alpha value is -3.47. The molecule has 12 heteroatoms. The van der Waals surface area contributed by atoms with Crippen LogP contribution in [0.15, 0.2) is 70.4 Å². The van der Waals surface area contributed by atoms with Crippen molar-refractivity contribution in [2.24, 2.45) is 0 Å². The molecule has 0 amide bonds. The SMILES string of the molecule is COc1ccc2c(=O)n(CCC(C(=O)O)S(=O)(=O)c3ccc(-c4ccc(Cl)c(Cl)c4)cc3)nnc2c1. The molecule has 0 spiro atoms. The molecule has 0 radical (unpaired) electrons. The molecule has 0 aliphatic heterocycles. The summed E-state index contributed by atoms with van der Waals surface area (Å²) in [5.74, 6) is -1.04. The number of sulfone groups is 1. The summed E-state index contributed by atoms with van der Waals surface area (Å²) in [4.78, 5) is 24.5. The highest BCUT2D eigenvalue weighted by molar-refractivity contribution is 7.92. The Labute approximate surface area is 215 Å². The minimum absolute atomic E-state index is 0.164. The number of carboxylic acids is 1. The van der Waals surface area contributed by atoms with E-state index in [0.717, 1.165) is 10.2 Å². The lowest BCUT2D eigenvalue weighted by Gasteiger charge is -2.15. The number of carbonyl (C=O) groups is 1. The molecule has 0 fully saturated rings. The van der Waals surface area contributed by atoms with Gasteiger partial charge in [0.15, 0.2) is 15.1 Å². The molecule has 4 aromatic rings. The molecule has 0 aliphatic rings. The minimum Gasteiger partial charge on any atom is -0.497 e. The standard InChI is InChI=1S/C24H19Cl2N3O6S/c1-35-16-5-8-18-21(13-16)27-28-29(23(18)30)11-10-22(24(31)32)36(33,34)17-6-2-14(3-7-17)15-4-9-19(25)20(26)12-15/h2-9,12-13,22H,10-11H2,1H3,(H,31,32). The molecule has 36 heavy (non-hydrogen) atoms. The lowest BCUT2D eigenvalue weighted by Crippen LogP contribution is -2.34. The van der Waals surface area contributed by atoms with Crippen LogP contribution in [0.5, 0.6) is 5.75 Å². The van der Waals surface area contributed by atoms with Crippen LogP contribution in [0.2, 0.25) is 10.0 Å². The summed E-state index contributed by atoms with van der Waals surface area (Å²) >= 11 is 12.0. The van der Waals surface area contributed by atoms with E-state index in [9.17, 15) is 23.1 Å². The van der Waals surface area contributed by atoms with E-state index in [0.29, 0.717) is 26.9 Å². The van der Waals surface area contributed by atoms with Gasteiger partial charge in [-0.15, -0.1) is 5.10 Å². The van der Waals surface area contributed by atoms with Gasteiger partial charge in [0.1, 0.15) is 11.3 Å². The largest absolute Gasteiger partial charge is 0.497 e. The van der Waals surface area contributed by atoms with Crippen molar-refractivity contribution in [3.8, 4) is 16.9 Å². The molecule has 0 saturated carbocycles. The van der Waals surface area contributed by atoms with Crippen LogP contribution in [-0.2, 0) is 21.2 Å². The van der Waals surface area contributed by atoms with E-state index in [1.807, 2.05) is 0 Å². The third-order valence-corrected chi connectivity index (χ3v) is 8.47. The van der Waals surface area contributed by atoms with Gasteiger partial charge < -0.3 is 9.84 Å². The molecule has 4 rings (SSSR count). The van der Waals surface area contributed by atoms with Gasteiger partial charge in [0, 0.05) is 12.6 Å². The van der Waals surface area contributed by atoms with Crippen molar-refractivity contribution in [2.45, 2.75) is 23.1 Å². The van der Waals surface area contributed by atoms with Gasteiger partial charge in [-0.05, 0) is 53.9 Å². The van der Waals surface area contributed by atoms with Crippen LogP contribution in [0.3, 0.4) is 0 Å². The zero-order valence-corrected chi connectivity index (χ0v) is 21.1. The third-order valence-electron chi connectivity index (χ3n) is 5.62. The normalized spacial score (nSPS) is 12.4. The number of nitrogens with zero attached hydrogens (tertiary/aromatic N) is 3. The van der Waals surface area contributed by atoms with Crippen molar-refractivity contribution in [2.75, 3.05) is 7.11 Å². The average molecular weight is 548 g/mol. The molecule has 0 bridgehead atoms. The van der Waals surface area contributed by atoms with Gasteiger partial charge in [-0.1, -0.05) is 46.6 Å². The number of ether oxygens (including phenoxy) is 1. The van der Waals surface area contributed by atoms with E-state index >= 15 is 0 Å². The van der Waals surface area contributed by atoms with Gasteiger partial charge >= 0.3 is 5.97 Å². The number of carboxylic acid groups (broad SMARTS) is 1. The van der Waals surface area contributed by atoms with Gasteiger partial charge in [0.2, 0.25) is 0 Å². The smallest absolute Gasteiger partial charge is 0.322 e. The van der Waals surface area contributed by atoms with Crippen LogP contribution in [0.4, 0.5) is 0 Å². The molecule has 1 atom stereocenters. The second-order valence-electron chi connectivity index (χ2n) is 7.81. The highest BCUT2D eigenvalue weighted by atomic mass is 35.5. The summed E-state index contributed by atoms with van der Waals surface area (Å²) in [6, 6.07) is 15.4. The number of rotatable bonds is 8. The number of benzene rings is 3. The second kappa shape index (κ2) is 10.3. The van der Waals surface area contributed by atoms with E-state index in [1.165, 1.54) is 25.3 Å². The van der Waals surface area contributed by atoms with Crippen molar-refractivity contribution >= 4 is 49.9 Å². The van der Waals surface area contributed by atoms with E-state index < -0.39 is 26.6 Å². The summed E-state index contributed by atoms with van der Waals surface area (Å²) in [6.07, 6.45) is -0.386. The Bertz CT molecular complexity index is 1620. The fourth-order valence-corrected chi connectivity index (χ4v) is 5.48. The Morgan fingerprint density at radius 1 is 1.03 bits per heavy atom. The van der Waals surface area contributed by atoms with Gasteiger partial charge in [0.25, 0.3) is 5.56 Å². The maximum absolute atomic E-state index is 13.2. The van der Waals surface area contributed by atoms with Crippen molar-refractivity contribution in [3.63, 3.8) is 0 Å². The number of aliphatic carboxylic acids is 1. The molecule has 1 heterocycles. The molecular formula is C24H19Cl2N3O6S. The average Bonchev–Trinajstić information content (AvgIpc) is 2.86. The minimum atomic E-state index is -4.28. The Morgan fingerprint density at radius 2 is 1.72 bits per heavy atom. The third kappa shape index (κ3) is 5.06. The fourth-order valence-electron chi connectivity index (χ4n) is 3.66. The van der Waals surface area contributed by atoms with E-state index in [4.69, 9.17) is 27.9 Å². The fraction of sp³-hybridized carbons (Fsp3) is 0.167. The second-order valence-corrected chi connectivity index (χ2v) is 10.8. The van der Waals surface area contributed by atoms with Crippen LogP contribution in [0, 0.1) is 0 Å². The summed E-state index contributed by atoms with van der Waals surface area (Å²) in [7, 11) is -2.80. The van der Waals surface area contributed by atoms with Gasteiger partial charge in [0.05, 0.1) is 27.4 Å². The molecule has 3 aromatic carbocycles. The van der Waals surface area contributed by atoms with E-state index in [1.54, 1.807) is 42.5 Å². The zero-order chi connectivity index (χ0) is 26.0. The molecule has 1 unspecified atom stereocenters. The van der Waals surface area contributed by atoms with Crippen LogP contribution in [-0.4, -0.2) is 46.8 Å². The lowest BCUT2D eigenvalue weighted by atomic mass is 10.1. The van der Waals surface area contributed by atoms with Crippen LogP contribution in [0.25, 0.3) is 22.0 Å². The lowest BCUT2D eigenvalue weighted by molar-refractivity contribution is -0.136. The predicted molar refractivity (Wildman–Crippen MR) is 135 cm³/mol. The summed E-state index contributed by atoms with van der Waals surface area (Å²) in [5, 5.41) is 16.7.